The molecular weight excluding hydrogens is 330 g/mol. The van der Waals surface area contributed by atoms with Crippen LogP contribution in [0.2, 0.25) is 5.15 Å². The third-order valence-corrected chi connectivity index (χ3v) is 3.39. The quantitative estimate of drug-likeness (QED) is 0.722. The maximum atomic E-state index is 10.0. The molecule has 130 valence electrons. The van der Waals surface area contributed by atoms with E-state index in [2.05, 4.69) is 15.5 Å². The molecule has 0 aliphatic carbocycles. The van der Waals surface area contributed by atoms with E-state index >= 15 is 0 Å². The molecule has 7 heteroatoms. The van der Waals surface area contributed by atoms with Crippen molar-refractivity contribution in [3.8, 4) is 11.6 Å². The van der Waals surface area contributed by atoms with Gasteiger partial charge in [-0.3, -0.25) is 0 Å². The van der Waals surface area contributed by atoms with E-state index in [-0.39, 0.29) is 12.1 Å². The van der Waals surface area contributed by atoms with E-state index in [0.29, 0.717) is 24.2 Å². The van der Waals surface area contributed by atoms with E-state index in [0.717, 1.165) is 5.75 Å². The third-order valence-electron chi connectivity index (χ3n) is 3.19. The number of hydrogen-bond acceptors (Lipinski definition) is 6. The first-order valence-corrected chi connectivity index (χ1v) is 8.05. The van der Waals surface area contributed by atoms with Crippen LogP contribution in [0.3, 0.4) is 0 Å². The van der Waals surface area contributed by atoms with Gasteiger partial charge in [-0.25, -0.2) is 0 Å². The highest BCUT2D eigenvalue weighted by molar-refractivity contribution is 6.29. The number of β-amino-alcohol motifs (C(OH)–C–C–N with tert-alkyl or cyclic N) is 1. The second kappa shape index (κ2) is 8.82. The minimum Gasteiger partial charge on any atom is -0.491 e. The van der Waals surface area contributed by atoms with Gasteiger partial charge in [-0.05, 0) is 32.0 Å². The molecule has 2 N–H and O–H groups in total. The smallest absolute Gasteiger partial charge is 0.233 e. The zero-order valence-corrected chi connectivity index (χ0v) is 14.5. The second-order valence-corrected chi connectivity index (χ2v) is 6.41. The van der Waals surface area contributed by atoms with Crippen molar-refractivity contribution in [2.45, 2.75) is 25.5 Å². The molecule has 1 aromatic carbocycles. The largest absolute Gasteiger partial charge is 0.491 e. The van der Waals surface area contributed by atoms with Gasteiger partial charge in [0.1, 0.15) is 25.1 Å². The fourth-order valence-electron chi connectivity index (χ4n) is 1.85. The number of benzene rings is 1. The normalized spacial score (nSPS) is 12.7. The van der Waals surface area contributed by atoms with Crippen LogP contribution in [0, 0.1) is 0 Å². The SMILES string of the molecule is CC(C)(COc1ccc(Cl)nn1)NCC(O)COc1ccccc1. The predicted octanol–water partition coefficient (Wildman–Crippen LogP) is 2.32. The number of ether oxygens (including phenoxy) is 2. The van der Waals surface area contributed by atoms with Crippen molar-refractivity contribution < 1.29 is 14.6 Å². The van der Waals surface area contributed by atoms with Crippen molar-refractivity contribution in [1.82, 2.24) is 15.5 Å². The molecule has 0 fully saturated rings. The van der Waals surface area contributed by atoms with E-state index in [9.17, 15) is 5.11 Å². The molecule has 2 rings (SSSR count). The Hall–Kier alpha value is -1.89. The summed E-state index contributed by atoms with van der Waals surface area (Å²) >= 11 is 5.68. The summed E-state index contributed by atoms with van der Waals surface area (Å²) in [4.78, 5) is 0. The average molecular weight is 352 g/mol. The highest BCUT2D eigenvalue weighted by atomic mass is 35.5. The third kappa shape index (κ3) is 6.70. The van der Waals surface area contributed by atoms with Crippen LogP contribution in [-0.4, -0.2) is 46.7 Å². The summed E-state index contributed by atoms with van der Waals surface area (Å²) in [6.07, 6.45) is -0.625. The molecule has 0 saturated carbocycles. The number of aliphatic hydroxyl groups excluding tert-OH is 1. The highest BCUT2D eigenvalue weighted by Crippen LogP contribution is 2.12. The molecule has 2 aromatic rings. The standard InChI is InChI=1S/C17H22ClN3O3/c1-17(2,12-24-16-9-8-15(18)20-21-16)19-10-13(22)11-23-14-6-4-3-5-7-14/h3-9,13,19,22H,10-12H2,1-2H3. The van der Waals surface area contributed by atoms with E-state index in [1.807, 2.05) is 44.2 Å². The summed E-state index contributed by atoms with van der Waals surface area (Å²) in [5, 5.41) is 21.2. The fraction of sp³-hybridized carbons (Fsp3) is 0.412. The molecule has 1 heterocycles. The molecule has 0 amide bonds. The summed E-state index contributed by atoms with van der Waals surface area (Å²) in [7, 11) is 0. The summed E-state index contributed by atoms with van der Waals surface area (Å²) in [5.74, 6) is 1.14. The maximum Gasteiger partial charge on any atom is 0.233 e. The van der Waals surface area contributed by atoms with Crippen LogP contribution in [0.4, 0.5) is 0 Å². The highest BCUT2D eigenvalue weighted by Gasteiger charge is 2.20. The molecule has 0 aliphatic rings. The first-order valence-electron chi connectivity index (χ1n) is 7.67. The Morgan fingerprint density at radius 3 is 2.54 bits per heavy atom. The summed E-state index contributed by atoms with van der Waals surface area (Å²) in [6.45, 7) is 4.92. The lowest BCUT2D eigenvalue weighted by molar-refractivity contribution is 0.0923. The van der Waals surface area contributed by atoms with Crippen molar-refractivity contribution in [3.63, 3.8) is 0 Å². The molecular formula is C17H22ClN3O3. The van der Waals surface area contributed by atoms with Gasteiger partial charge in [-0.1, -0.05) is 29.8 Å². The summed E-state index contributed by atoms with van der Waals surface area (Å²) in [5.41, 5.74) is -0.352. The Morgan fingerprint density at radius 1 is 1.12 bits per heavy atom. The lowest BCUT2D eigenvalue weighted by atomic mass is 10.1. The van der Waals surface area contributed by atoms with E-state index in [4.69, 9.17) is 21.1 Å². The van der Waals surface area contributed by atoms with Gasteiger partial charge in [0, 0.05) is 18.2 Å². The molecule has 24 heavy (non-hydrogen) atoms. The van der Waals surface area contributed by atoms with Crippen LogP contribution in [0.5, 0.6) is 11.6 Å². The van der Waals surface area contributed by atoms with Crippen molar-refractivity contribution in [2.24, 2.45) is 0 Å². The Kier molecular flexibility index (Phi) is 6.78. The number of aliphatic hydroxyl groups is 1. The van der Waals surface area contributed by atoms with Gasteiger partial charge in [-0.2, -0.15) is 0 Å². The predicted molar refractivity (Wildman–Crippen MR) is 92.6 cm³/mol. The monoisotopic (exact) mass is 351 g/mol. The van der Waals surface area contributed by atoms with Crippen molar-refractivity contribution in [3.05, 3.63) is 47.6 Å². The summed E-state index contributed by atoms with van der Waals surface area (Å²) < 4.78 is 11.1. The average Bonchev–Trinajstić information content (AvgIpc) is 2.59. The zero-order chi connectivity index (χ0) is 17.4. The molecule has 0 bridgehead atoms. The van der Waals surface area contributed by atoms with Crippen LogP contribution in [0.25, 0.3) is 0 Å². The molecule has 0 saturated heterocycles. The molecule has 1 unspecified atom stereocenters. The lowest BCUT2D eigenvalue weighted by Gasteiger charge is -2.27. The zero-order valence-electron chi connectivity index (χ0n) is 13.8. The molecule has 0 spiro atoms. The molecule has 1 aromatic heterocycles. The molecule has 0 radical (unpaired) electrons. The van der Waals surface area contributed by atoms with Crippen molar-refractivity contribution in [1.29, 1.82) is 0 Å². The second-order valence-electron chi connectivity index (χ2n) is 6.03. The van der Waals surface area contributed by atoms with Crippen molar-refractivity contribution >= 4 is 11.6 Å². The topological polar surface area (TPSA) is 76.5 Å². The number of nitrogens with one attached hydrogen (secondary N) is 1. The number of halogens is 1. The van der Waals surface area contributed by atoms with Gasteiger partial charge in [-0.15, -0.1) is 10.2 Å². The van der Waals surface area contributed by atoms with Crippen LogP contribution in [-0.2, 0) is 0 Å². The van der Waals surface area contributed by atoms with Crippen LogP contribution >= 0.6 is 11.6 Å². The number of aromatic nitrogens is 2. The molecule has 0 aliphatic heterocycles. The van der Waals surface area contributed by atoms with Crippen molar-refractivity contribution in [2.75, 3.05) is 19.8 Å². The Morgan fingerprint density at radius 2 is 1.88 bits per heavy atom. The van der Waals surface area contributed by atoms with E-state index < -0.39 is 6.10 Å². The van der Waals surface area contributed by atoms with Crippen LogP contribution in [0.15, 0.2) is 42.5 Å². The van der Waals surface area contributed by atoms with Gasteiger partial charge in [0.15, 0.2) is 5.15 Å². The van der Waals surface area contributed by atoms with Gasteiger partial charge < -0.3 is 19.9 Å². The number of rotatable bonds is 9. The maximum absolute atomic E-state index is 10.0. The minimum absolute atomic E-state index is 0.219. The first-order chi connectivity index (χ1) is 11.4. The van der Waals surface area contributed by atoms with E-state index in [1.165, 1.54) is 0 Å². The number of hydrogen-bond donors (Lipinski definition) is 2. The molecule has 6 nitrogen and oxygen atoms in total. The van der Waals surface area contributed by atoms with Gasteiger partial charge in [0.2, 0.25) is 5.88 Å². The van der Waals surface area contributed by atoms with Crippen LogP contribution < -0.4 is 14.8 Å². The Bertz CT molecular complexity index is 608. The lowest BCUT2D eigenvalue weighted by Crippen LogP contribution is -2.48. The minimum atomic E-state index is -0.625. The van der Waals surface area contributed by atoms with Gasteiger partial charge >= 0.3 is 0 Å². The number of para-hydroxylation sites is 1. The summed E-state index contributed by atoms with van der Waals surface area (Å²) in [6, 6.07) is 12.7. The molecule has 1 atom stereocenters. The fourth-order valence-corrected chi connectivity index (χ4v) is 1.95. The van der Waals surface area contributed by atoms with Crippen LogP contribution in [0.1, 0.15) is 13.8 Å². The number of nitrogens with zero attached hydrogens (tertiary/aromatic N) is 2. The first kappa shape index (κ1) is 18.4. The Labute approximate surface area is 146 Å². The van der Waals surface area contributed by atoms with E-state index in [1.54, 1.807) is 12.1 Å². The van der Waals surface area contributed by atoms with Gasteiger partial charge in [0.05, 0.1) is 0 Å². The Balaban J connectivity index is 1.70. The van der Waals surface area contributed by atoms with Gasteiger partial charge in [0.25, 0.3) is 0 Å².